The van der Waals surface area contributed by atoms with E-state index in [1.54, 1.807) is 0 Å². The lowest BCUT2D eigenvalue weighted by atomic mass is 10.0. The summed E-state index contributed by atoms with van der Waals surface area (Å²) in [5, 5.41) is 9.07. The van der Waals surface area contributed by atoms with Gasteiger partial charge in [-0.1, -0.05) is 0 Å². The monoisotopic (exact) mass is 241 g/mol. The fourth-order valence-electron chi connectivity index (χ4n) is 1.14. The quantitative estimate of drug-likeness (QED) is 0.791. The van der Waals surface area contributed by atoms with Crippen LogP contribution in [0.5, 0.6) is 0 Å². The summed E-state index contributed by atoms with van der Waals surface area (Å²) in [4.78, 5) is 0. The SMILES string of the molecule is NCC(F)(F)C(O)c1c(F)cc(F)cc1F. The molecule has 1 rings (SSSR count). The number of hydrogen-bond acceptors (Lipinski definition) is 2. The maximum Gasteiger partial charge on any atom is 0.289 e. The van der Waals surface area contributed by atoms with Crippen LogP contribution in [0.3, 0.4) is 0 Å². The minimum atomic E-state index is -3.89. The standard InChI is InChI=1S/C9H8F5NO/c10-4-1-5(11)7(6(12)2-4)8(16)9(13,14)3-15/h1-2,8,16H,3,15H2. The second-order valence-electron chi connectivity index (χ2n) is 3.15. The molecule has 0 heterocycles. The highest BCUT2D eigenvalue weighted by molar-refractivity contribution is 5.24. The van der Waals surface area contributed by atoms with Gasteiger partial charge in [-0.2, -0.15) is 0 Å². The van der Waals surface area contributed by atoms with Crippen molar-refractivity contribution in [2.45, 2.75) is 12.0 Å². The molecule has 0 amide bonds. The maximum atomic E-state index is 13.0. The highest BCUT2D eigenvalue weighted by Crippen LogP contribution is 2.33. The molecule has 0 aliphatic rings. The molecule has 0 aliphatic heterocycles. The van der Waals surface area contributed by atoms with Crippen molar-refractivity contribution in [1.82, 2.24) is 0 Å². The second-order valence-corrected chi connectivity index (χ2v) is 3.15. The van der Waals surface area contributed by atoms with E-state index >= 15 is 0 Å². The molecule has 2 nitrogen and oxygen atoms in total. The van der Waals surface area contributed by atoms with Crippen LogP contribution in [0, 0.1) is 17.5 Å². The average molecular weight is 241 g/mol. The Morgan fingerprint density at radius 2 is 1.62 bits per heavy atom. The van der Waals surface area contributed by atoms with E-state index in [0.717, 1.165) is 0 Å². The highest BCUT2D eigenvalue weighted by atomic mass is 19.3. The molecule has 0 aliphatic carbocycles. The fourth-order valence-corrected chi connectivity index (χ4v) is 1.14. The lowest BCUT2D eigenvalue weighted by Crippen LogP contribution is -2.35. The number of nitrogens with two attached hydrogens (primary N) is 1. The van der Waals surface area contributed by atoms with Gasteiger partial charge in [0.25, 0.3) is 5.92 Å². The van der Waals surface area contributed by atoms with Crippen LogP contribution < -0.4 is 5.73 Å². The smallest absolute Gasteiger partial charge is 0.289 e. The predicted molar refractivity (Wildman–Crippen MR) is 45.3 cm³/mol. The fraction of sp³-hybridized carbons (Fsp3) is 0.333. The second kappa shape index (κ2) is 4.34. The first-order valence-electron chi connectivity index (χ1n) is 4.20. The zero-order valence-electron chi connectivity index (χ0n) is 7.85. The summed E-state index contributed by atoms with van der Waals surface area (Å²) in [6.45, 7) is -1.29. The Morgan fingerprint density at radius 1 is 1.19 bits per heavy atom. The first-order chi connectivity index (χ1) is 7.29. The Balaban J connectivity index is 3.24. The molecule has 0 radical (unpaired) electrons. The van der Waals surface area contributed by atoms with E-state index in [0.29, 0.717) is 0 Å². The van der Waals surface area contributed by atoms with E-state index in [1.165, 1.54) is 0 Å². The lowest BCUT2D eigenvalue weighted by Gasteiger charge is -2.21. The Bertz CT molecular complexity index is 372. The van der Waals surface area contributed by atoms with Gasteiger partial charge in [-0.05, 0) is 0 Å². The molecule has 3 N–H and O–H groups in total. The number of benzene rings is 1. The molecular formula is C9H8F5NO. The van der Waals surface area contributed by atoms with Crippen molar-refractivity contribution >= 4 is 0 Å². The molecule has 0 bridgehead atoms. The van der Waals surface area contributed by atoms with Crippen molar-refractivity contribution in [3.63, 3.8) is 0 Å². The van der Waals surface area contributed by atoms with E-state index in [9.17, 15) is 22.0 Å². The zero-order valence-corrected chi connectivity index (χ0v) is 7.85. The minimum Gasteiger partial charge on any atom is -0.382 e. The van der Waals surface area contributed by atoms with Crippen molar-refractivity contribution < 1.29 is 27.1 Å². The van der Waals surface area contributed by atoms with Crippen LogP contribution in [0.2, 0.25) is 0 Å². The van der Waals surface area contributed by atoms with Gasteiger partial charge >= 0.3 is 0 Å². The molecule has 90 valence electrons. The van der Waals surface area contributed by atoms with Crippen LogP contribution in [0.15, 0.2) is 12.1 Å². The van der Waals surface area contributed by atoms with Gasteiger partial charge in [0.05, 0.1) is 12.1 Å². The molecular weight excluding hydrogens is 233 g/mol. The topological polar surface area (TPSA) is 46.2 Å². The van der Waals surface area contributed by atoms with E-state index in [4.69, 9.17) is 5.11 Å². The largest absolute Gasteiger partial charge is 0.382 e. The summed E-state index contributed by atoms with van der Waals surface area (Å²) >= 11 is 0. The molecule has 1 unspecified atom stereocenters. The summed E-state index contributed by atoms with van der Waals surface area (Å²) in [6.07, 6.45) is -2.75. The van der Waals surface area contributed by atoms with E-state index in [-0.39, 0.29) is 12.1 Å². The number of alkyl halides is 2. The molecule has 0 spiro atoms. The Hall–Kier alpha value is -1.21. The third kappa shape index (κ3) is 2.30. The molecule has 1 aromatic carbocycles. The molecule has 1 aromatic rings. The van der Waals surface area contributed by atoms with Gasteiger partial charge in [-0.15, -0.1) is 0 Å². The summed E-state index contributed by atoms with van der Waals surface area (Å²) in [5.41, 5.74) is 3.35. The van der Waals surface area contributed by atoms with E-state index < -0.39 is 41.6 Å². The number of aliphatic hydroxyl groups is 1. The zero-order chi connectivity index (χ0) is 12.5. The van der Waals surface area contributed by atoms with Crippen LogP contribution in [-0.4, -0.2) is 17.6 Å². The number of hydrogen-bond donors (Lipinski definition) is 2. The van der Waals surface area contributed by atoms with E-state index in [1.807, 2.05) is 0 Å². The number of halogens is 5. The van der Waals surface area contributed by atoms with Gasteiger partial charge in [0.1, 0.15) is 23.6 Å². The molecule has 0 aromatic heterocycles. The van der Waals surface area contributed by atoms with Crippen LogP contribution >= 0.6 is 0 Å². The number of rotatable bonds is 3. The van der Waals surface area contributed by atoms with E-state index in [2.05, 4.69) is 5.73 Å². The van der Waals surface area contributed by atoms with Crippen LogP contribution in [0.1, 0.15) is 11.7 Å². The Morgan fingerprint density at radius 3 is 2.00 bits per heavy atom. The molecule has 7 heteroatoms. The summed E-state index contributed by atoms with van der Waals surface area (Å²) in [6, 6.07) is 0.405. The third-order valence-corrected chi connectivity index (χ3v) is 1.99. The first kappa shape index (κ1) is 12.9. The van der Waals surface area contributed by atoms with Gasteiger partial charge < -0.3 is 10.8 Å². The minimum absolute atomic E-state index is 0.203. The van der Waals surface area contributed by atoms with Crippen molar-refractivity contribution in [2.75, 3.05) is 6.54 Å². The van der Waals surface area contributed by atoms with Crippen LogP contribution in [0.4, 0.5) is 22.0 Å². The Kier molecular flexibility index (Phi) is 3.49. The van der Waals surface area contributed by atoms with Crippen molar-refractivity contribution in [3.8, 4) is 0 Å². The lowest BCUT2D eigenvalue weighted by molar-refractivity contribution is -0.105. The number of aliphatic hydroxyl groups excluding tert-OH is 1. The molecule has 16 heavy (non-hydrogen) atoms. The van der Waals surface area contributed by atoms with Crippen molar-refractivity contribution in [2.24, 2.45) is 5.73 Å². The summed E-state index contributed by atoms with van der Waals surface area (Å²) in [5.74, 6) is -8.32. The highest BCUT2D eigenvalue weighted by Gasteiger charge is 2.41. The average Bonchev–Trinajstić information content (AvgIpc) is 2.15. The van der Waals surface area contributed by atoms with Crippen LogP contribution in [0.25, 0.3) is 0 Å². The van der Waals surface area contributed by atoms with Gasteiger partial charge in [-0.3, -0.25) is 0 Å². The maximum absolute atomic E-state index is 13.0. The van der Waals surface area contributed by atoms with Gasteiger partial charge in [-0.25, -0.2) is 22.0 Å². The third-order valence-electron chi connectivity index (χ3n) is 1.99. The van der Waals surface area contributed by atoms with Gasteiger partial charge in [0.15, 0.2) is 0 Å². The van der Waals surface area contributed by atoms with Crippen molar-refractivity contribution in [3.05, 3.63) is 35.1 Å². The molecule has 0 saturated heterocycles. The summed E-state index contributed by atoms with van der Waals surface area (Å²) < 4.78 is 64.3. The predicted octanol–water partition coefficient (Wildman–Crippen LogP) is 1.73. The van der Waals surface area contributed by atoms with Gasteiger partial charge in [0, 0.05) is 12.1 Å². The van der Waals surface area contributed by atoms with Crippen molar-refractivity contribution in [1.29, 1.82) is 0 Å². The summed E-state index contributed by atoms with van der Waals surface area (Å²) in [7, 11) is 0. The molecule has 0 saturated carbocycles. The first-order valence-corrected chi connectivity index (χ1v) is 4.20. The van der Waals surface area contributed by atoms with Crippen LogP contribution in [-0.2, 0) is 0 Å². The molecule has 0 fully saturated rings. The Labute approximate surface area is 87.5 Å². The van der Waals surface area contributed by atoms with Gasteiger partial charge in [0.2, 0.25) is 0 Å². The normalized spacial score (nSPS) is 13.9. The molecule has 1 atom stereocenters.